The summed E-state index contributed by atoms with van der Waals surface area (Å²) in [6.07, 6.45) is 0.955. The number of para-hydroxylation sites is 1. The van der Waals surface area contributed by atoms with Crippen molar-refractivity contribution >= 4 is 23.0 Å². The molecule has 0 saturated carbocycles. The van der Waals surface area contributed by atoms with Crippen molar-refractivity contribution in [3.8, 4) is 6.07 Å². The minimum Gasteiger partial charge on any atom is -0.466 e. The number of benzene rings is 1. The summed E-state index contributed by atoms with van der Waals surface area (Å²) in [5, 5.41) is 9.04. The highest BCUT2D eigenvalue weighted by Gasteiger charge is 2.11. The molecule has 0 aliphatic rings. The standard InChI is InChI=1S/C14H16N4O2/c1-2-20-12(19)7-4-8-18-11-6-3-5-10(9-15)13(11)17-14(18)16/h3,5-6H,2,4,7-8H2,1H3,(H2,16,17). The lowest BCUT2D eigenvalue weighted by atomic mass is 10.2. The number of nitriles is 1. The van der Waals surface area contributed by atoms with Crippen LogP contribution in [0.15, 0.2) is 18.2 Å². The van der Waals surface area contributed by atoms with Gasteiger partial charge in [-0.15, -0.1) is 0 Å². The van der Waals surface area contributed by atoms with Crippen LogP contribution in [0.2, 0.25) is 0 Å². The molecule has 0 aliphatic carbocycles. The Kier molecular flexibility index (Phi) is 4.20. The highest BCUT2D eigenvalue weighted by atomic mass is 16.5. The summed E-state index contributed by atoms with van der Waals surface area (Å²) in [7, 11) is 0. The zero-order valence-electron chi connectivity index (χ0n) is 11.3. The zero-order valence-corrected chi connectivity index (χ0v) is 11.3. The first-order valence-corrected chi connectivity index (χ1v) is 6.47. The van der Waals surface area contributed by atoms with Gasteiger partial charge in [-0.3, -0.25) is 4.79 Å². The number of aromatic nitrogens is 2. The molecule has 0 bridgehead atoms. The average molecular weight is 272 g/mol. The van der Waals surface area contributed by atoms with Gasteiger partial charge in [0, 0.05) is 13.0 Å². The van der Waals surface area contributed by atoms with E-state index >= 15 is 0 Å². The summed E-state index contributed by atoms with van der Waals surface area (Å²) in [4.78, 5) is 15.5. The number of aryl methyl sites for hydroxylation is 1. The van der Waals surface area contributed by atoms with Crippen molar-refractivity contribution in [1.82, 2.24) is 9.55 Å². The van der Waals surface area contributed by atoms with Crippen molar-refractivity contribution in [3.63, 3.8) is 0 Å². The molecule has 6 nitrogen and oxygen atoms in total. The van der Waals surface area contributed by atoms with E-state index in [0.29, 0.717) is 43.0 Å². The Morgan fingerprint density at radius 2 is 2.35 bits per heavy atom. The van der Waals surface area contributed by atoms with Gasteiger partial charge in [-0.25, -0.2) is 4.98 Å². The van der Waals surface area contributed by atoms with Gasteiger partial charge in [-0.1, -0.05) is 6.07 Å². The Hall–Kier alpha value is -2.55. The molecule has 104 valence electrons. The fourth-order valence-electron chi connectivity index (χ4n) is 2.10. The molecule has 2 N–H and O–H groups in total. The Morgan fingerprint density at radius 1 is 1.55 bits per heavy atom. The summed E-state index contributed by atoms with van der Waals surface area (Å²) in [6, 6.07) is 7.46. The van der Waals surface area contributed by atoms with E-state index in [1.165, 1.54) is 0 Å². The second-order valence-electron chi connectivity index (χ2n) is 4.32. The van der Waals surface area contributed by atoms with Crippen LogP contribution in [0, 0.1) is 11.3 Å². The highest BCUT2D eigenvalue weighted by molar-refractivity contribution is 5.84. The average Bonchev–Trinajstić information content (AvgIpc) is 2.75. The molecule has 0 spiro atoms. The van der Waals surface area contributed by atoms with Crippen LogP contribution in [0.4, 0.5) is 5.95 Å². The van der Waals surface area contributed by atoms with Crippen molar-refractivity contribution < 1.29 is 9.53 Å². The van der Waals surface area contributed by atoms with Gasteiger partial charge in [-0.05, 0) is 25.5 Å². The SMILES string of the molecule is CCOC(=O)CCCn1c(N)nc2c(C#N)cccc21. The van der Waals surface area contributed by atoms with Crippen LogP contribution < -0.4 is 5.73 Å². The Bertz CT molecular complexity index is 670. The molecule has 0 aliphatic heterocycles. The van der Waals surface area contributed by atoms with Crippen LogP contribution in [0.1, 0.15) is 25.3 Å². The van der Waals surface area contributed by atoms with Gasteiger partial charge in [-0.2, -0.15) is 5.26 Å². The molecule has 0 saturated heterocycles. The third-order valence-corrected chi connectivity index (χ3v) is 3.00. The van der Waals surface area contributed by atoms with Crippen molar-refractivity contribution in [2.45, 2.75) is 26.3 Å². The third kappa shape index (κ3) is 2.72. The summed E-state index contributed by atoms with van der Waals surface area (Å²) >= 11 is 0. The number of carbonyl (C=O) groups is 1. The van der Waals surface area contributed by atoms with Crippen LogP contribution in [0.5, 0.6) is 0 Å². The number of hydrogen-bond acceptors (Lipinski definition) is 5. The number of nitrogen functional groups attached to an aromatic ring is 1. The van der Waals surface area contributed by atoms with Gasteiger partial charge in [0.25, 0.3) is 0 Å². The first-order chi connectivity index (χ1) is 9.67. The van der Waals surface area contributed by atoms with Gasteiger partial charge in [0.15, 0.2) is 0 Å². The van der Waals surface area contributed by atoms with E-state index in [1.54, 1.807) is 19.1 Å². The van der Waals surface area contributed by atoms with Gasteiger partial charge in [0.1, 0.15) is 11.6 Å². The summed E-state index contributed by atoms with van der Waals surface area (Å²) in [5.41, 5.74) is 7.79. The predicted molar refractivity (Wildman–Crippen MR) is 74.7 cm³/mol. The lowest BCUT2D eigenvalue weighted by Gasteiger charge is -2.06. The number of fused-ring (bicyclic) bond motifs is 1. The molecule has 0 amide bonds. The Morgan fingerprint density at radius 3 is 3.05 bits per heavy atom. The smallest absolute Gasteiger partial charge is 0.305 e. The van der Waals surface area contributed by atoms with Crippen molar-refractivity contribution in [1.29, 1.82) is 5.26 Å². The molecule has 2 aromatic rings. The minimum absolute atomic E-state index is 0.215. The maximum Gasteiger partial charge on any atom is 0.305 e. The van der Waals surface area contributed by atoms with Crippen LogP contribution in [0.3, 0.4) is 0 Å². The first kappa shape index (κ1) is 13.9. The molecule has 2 rings (SSSR count). The van der Waals surface area contributed by atoms with Gasteiger partial charge in [0.2, 0.25) is 5.95 Å². The lowest BCUT2D eigenvalue weighted by Crippen LogP contribution is -2.08. The molecule has 20 heavy (non-hydrogen) atoms. The van der Waals surface area contributed by atoms with E-state index in [4.69, 9.17) is 15.7 Å². The lowest BCUT2D eigenvalue weighted by molar-refractivity contribution is -0.143. The van der Waals surface area contributed by atoms with E-state index in [-0.39, 0.29) is 5.97 Å². The van der Waals surface area contributed by atoms with Crippen molar-refractivity contribution in [2.75, 3.05) is 12.3 Å². The normalized spacial score (nSPS) is 10.4. The molecule has 1 aromatic heterocycles. The van der Waals surface area contributed by atoms with Gasteiger partial charge < -0.3 is 15.0 Å². The number of nitrogens with two attached hydrogens (primary N) is 1. The van der Waals surface area contributed by atoms with E-state index in [9.17, 15) is 4.79 Å². The van der Waals surface area contributed by atoms with Gasteiger partial charge in [0.05, 0.1) is 17.7 Å². The summed E-state index contributed by atoms with van der Waals surface area (Å²) in [6.45, 7) is 2.74. The monoisotopic (exact) mass is 272 g/mol. The molecule has 0 unspecified atom stereocenters. The quantitative estimate of drug-likeness (QED) is 0.838. The number of nitrogens with zero attached hydrogens (tertiary/aromatic N) is 3. The topological polar surface area (TPSA) is 93.9 Å². The molecule has 1 heterocycles. The third-order valence-electron chi connectivity index (χ3n) is 3.00. The van der Waals surface area contributed by atoms with E-state index in [2.05, 4.69) is 11.1 Å². The van der Waals surface area contributed by atoms with E-state index in [1.807, 2.05) is 10.6 Å². The van der Waals surface area contributed by atoms with Crippen molar-refractivity contribution in [3.05, 3.63) is 23.8 Å². The molecule has 6 heteroatoms. The highest BCUT2D eigenvalue weighted by Crippen LogP contribution is 2.21. The van der Waals surface area contributed by atoms with Crippen LogP contribution in [-0.2, 0) is 16.1 Å². The number of carbonyl (C=O) groups excluding carboxylic acids is 1. The van der Waals surface area contributed by atoms with Crippen LogP contribution >= 0.6 is 0 Å². The molecule has 1 aromatic carbocycles. The number of anilines is 1. The number of hydrogen-bond donors (Lipinski definition) is 1. The fourth-order valence-corrected chi connectivity index (χ4v) is 2.10. The predicted octanol–water partition coefficient (Wildman–Crippen LogP) is 1.83. The summed E-state index contributed by atoms with van der Waals surface area (Å²) < 4.78 is 6.69. The molecule has 0 fully saturated rings. The second-order valence-corrected chi connectivity index (χ2v) is 4.32. The zero-order chi connectivity index (χ0) is 14.5. The van der Waals surface area contributed by atoms with Crippen LogP contribution in [0.25, 0.3) is 11.0 Å². The Labute approximate surface area is 116 Å². The molecular formula is C14H16N4O2. The van der Waals surface area contributed by atoms with E-state index < -0.39 is 0 Å². The number of rotatable bonds is 5. The summed E-state index contributed by atoms with van der Waals surface area (Å²) in [5.74, 6) is 0.139. The number of esters is 1. The van der Waals surface area contributed by atoms with Crippen LogP contribution in [-0.4, -0.2) is 22.1 Å². The minimum atomic E-state index is -0.215. The maximum absolute atomic E-state index is 11.3. The largest absolute Gasteiger partial charge is 0.466 e. The first-order valence-electron chi connectivity index (χ1n) is 6.47. The van der Waals surface area contributed by atoms with Gasteiger partial charge >= 0.3 is 5.97 Å². The maximum atomic E-state index is 11.3. The van der Waals surface area contributed by atoms with E-state index in [0.717, 1.165) is 5.52 Å². The number of imidazole rings is 1. The molecular weight excluding hydrogens is 256 g/mol. The van der Waals surface area contributed by atoms with Crippen molar-refractivity contribution in [2.24, 2.45) is 0 Å². The number of ether oxygens (including phenoxy) is 1. The molecule has 0 radical (unpaired) electrons. The molecule has 0 atom stereocenters. The second kappa shape index (κ2) is 6.06. The fraction of sp³-hybridized carbons (Fsp3) is 0.357. The Balaban J connectivity index is 2.17.